The lowest BCUT2D eigenvalue weighted by atomic mass is 9.94. The SMILES string of the molecule is CC1=C(C(=O)Nc2ccccc2)[C@@H](c2ccccc2Cl)n2ncc(C(=O)Nc3cccc(C)c3)c2N1. The molecule has 3 N–H and O–H groups in total. The number of fused-ring (bicyclic) bond motifs is 1. The maximum absolute atomic E-state index is 13.5. The van der Waals surface area contributed by atoms with Crippen LogP contribution in [0.5, 0.6) is 0 Å². The monoisotopic (exact) mass is 497 g/mol. The van der Waals surface area contributed by atoms with E-state index < -0.39 is 6.04 Å². The molecule has 0 saturated heterocycles. The van der Waals surface area contributed by atoms with Crippen LogP contribution >= 0.6 is 11.6 Å². The van der Waals surface area contributed by atoms with E-state index in [1.54, 1.807) is 10.7 Å². The molecule has 0 radical (unpaired) electrons. The van der Waals surface area contributed by atoms with Crippen LogP contribution < -0.4 is 16.0 Å². The smallest absolute Gasteiger partial charge is 0.261 e. The molecule has 0 saturated carbocycles. The average Bonchev–Trinajstić information content (AvgIpc) is 3.28. The van der Waals surface area contributed by atoms with Gasteiger partial charge in [0.25, 0.3) is 11.8 Å². The molecule has 8 heteroatoms. The van der Waals surface area contributed by atoms with E-state index in [0.717, 1.165) is 5.56 Å². The van der Waals surface area contributed by atoms with Crippen LogP contribution in [0.15, 0.2) is 96.3 Å². The van der Waals surface area contributed by atoms with Gasteiger partial charge in [0.2, 0.25) is 0 Å². The van der Waals surface area contributed by atoms with E-state index in [0.29, 0.717) is 44.6 Å². The largest absolute Gasteiger partial charge is 0.343 e. The first-order valence-corrected chi connectivity index (χ1v) is 11.8. The minimum atomic E-state index is -0.640. The number of carbonyl (C=O) groups is 2. The Morgan fingerprint density at radius 3 is 2.33 bits per heavy atom. The van der Waals surface area contributed by atoms with Gasteiger partial charge in [-0.05, 0) is 49.7 Å². The zero-order chi connectivity index (χ0) is 25.2. The summed E-state index contributed by atoms with van der Waals surface area (Å²) in [5.74, 6) is -0.112. The van der Waals surface area contributed by atoms with Gasteiger partial charge >= 0.3 is 0 Å². The first-order valence-electron chi connectivity index (χ1n) is 11.5. The van der Waals surface area contributed by atoms with Gasteiger partial charge in [-0.1, -0.05) is 60.1 Å². The third kappa shape index (κ3) is 4.48. The lowest BCUT2D eigenvalue weighted by Crippen LogP contribution is -2.32. The zero-order valence-corrected chi connectivity index (χ0v) is 20.5. The van der Waals surface area contributed by atoms with Crippen molar-refractivity contribution in [3.63, 3.8) is 0 Å². The van der Waals surface area contributed by atoms with Gasteiger partial charge in [-0.25, -0.2) is 4.68 Å². The number of aromatic nitrogens is 2. The van der Waals surface area contributed by atoms with E-state index in [2.05, 4.69) is 21.0 Å². The molecule has 1 aromatic heterocycles. The third-order valence-electron chi connectivity index (χ3n) is 6.02. The lowest BCUT2D eigenvalue weighted by molar-refractivity contribution is -0.113. The Bertz CT molecular complexity index is 1490. The normalized spacial score (nSPS) is 14.6. The maximum atomic E-state index is 13.5. The molecule has 0 bridgehead atoms. The number of para-hydroxylation sites is 1. The fourth-order valence-corrected chi connectivity index (χ4v) is 4.58. The molecule has 36 heavy (non-hydrogen) atoms. The highest BCUT2D eigenvalue weighted by Crippen LogP contribution is 2.40. The molecule has 2 amide bonds. The van der Waals surface area contributed by atoms with Crippen LogP contribution in [0.2, 0.25) is 5.02 Å². The average molecular weight is 498 g/mol. The number of hydrogen-bond acceptors (Lipinski definition) is 4. The summed E-state index contributed by atoms with van der Waals surface area (Å²) >= 11 is 6.60. The van der Waals surface area contributed by atoms with Gasteiger partial charge in [-0.2, -0.15) is 5.10 Å². The molecule has 4 aromatic rings. The van der Waals surface area contributed by atoms with Gasteiger partial charge < -0.3 is 16.0 Å². The molecular weight excluding hydrogens is 474 g/mol. The molecule has 0 fully saturated rings. The number of amides is 2. The van der Waals surface area contributed by atoms with E-state index in [4.69, 9.17) is 11.6 Å². The van der Waals surface area contributed by atoms with Crippen LogP contribution in [0, 0.1) is 6.92 Å². The molecule has 0 aliphatic carbocycles. The summed E-state index contributed by atoms with van der Waals surface area (Å²) in [6.45, 7) is 3.77. The van der Waals surface area contributed by atoms with Crippen molar-refractivity contribution in [2.45, 2.75) is 19.9 Å². The fourth-order valence-electron chi connectivity index (χ4n) is 4.34. The van der Waals surface area contributed by atoms with Gasteiger partial charge in [0, 0.05) is 27.7 Å². The predicted octanol–water partition coefficient (Wildman–Crippen LogP) is 6.02. The molecular formula is C28H24ClN5O2. The first kappa shape index (κ1) is 23.4. The highest BCUT2D eigenvalue weighted by Gasteiger charge is 2.36. The van der Waals surface area contributed by atoms with Gasteiger partial charge in [0.05, 0.1) is 11.8 Å². The van der Waals surface area contributed by atoms with Crippen molar-refractivity contribution in [1.82, 2.24) is 9.78 Å². The third-order valence-corrected chi connectivity index (χ3v) is 6.36. The lowest BCUT2D eigenvalue weighted by Gasteiger charge is -2.30. The second-order valence-corrected chi connectivity index (χ2v) is 8.99. The molecule has 180 valence electrons. The van der Waals surface area contributed by atoms with E-state index in [1.165, 1.54) is 6.20 Å². The van der Waals surface area contributed by atoms with E-state index >= 15 is 0 Å². The van der Waals surface area contributed by atoms with Gasteiger partial charge in [0.15, 0.2) is 0 Å². The van der Waals surface area contributed by atoms with Crippen LogP contribution in [0.25, 0.3) is 0 Å². The van der Waals surface area contributed by atoms with Gasteiger partial charge in [-0.15, -0.1) is 0 Å². The number of hydrogen-bond donors (Lipinski definition) is 3. The van der Waals surface area contributed by atoms with Crippen LogP contribution in [-0.2, 0) is 4.79 Å². The van der Waals surface area contributed by atoms with Crippen molar-refractivity contribution in [3.8, 4) is 0 Å². The van der Waals surface area contributed by atoms with Crippen LogP contribution in [-0.4, -0.2) is 21.6 Å². The van der Waals surface area contributed by atoms with Crippen molar-refractivity contribution in [2.75, 3.05) is 16.0 Å². The maximum Gasteiger partial charge on any atom is 0.261 e. The van der Waals surface area contributed by atoms with Crippen molar-refractivity contribution in [3.05, 3.63) is 118 Å². The summed E-state index contributed by atoms with van der Waals surface area (Å²) in [4.78, 5) is 26.7. The Balaban J connectivity index is 1.56. The van der Waals surface area contributed by atoms with Crippen molar-refractivity contribution < 1.29 is 9.59 Å². The second-order valence-electron chi connectivity index (χ2n) is 8.58. The zero-order valence-electron chi connectivity index (χ0n) is 19.7. The van der Waals surface area contributed by atoms with E-state index in [-0.39, 0.29) is 11.8 Å². The number of rotatable bonds is 5. The summed E-state index contributed by atoms with van der Waals surface area (Å²) < 4.78 is 1.64. The summed E-state index contributed by atoms with van der Waals surface area (Å²) in [6, 6.07) is 23.5. The Morgan fingerprint density at radius 1 is 0.889 bits per heavy atom. The minimum absolute atomic E-state index is 0.289. The fraction of sp³-hybridized carbons (Fsp3) is 0.107. The molecule has 5 rings (SSSR count). The molecule has 7 nitrogen and oxygen atoms in total. The highest BCUT2D eigenvalue weighted by molar-refractivity contribution is 6.31. The summed E-state index contributed by atoms with van der Waals surface area (Å²) in [7, 11) is 0. The molecule has 0 spiro atoms. The van der Waals surface area contributed by atoms with Crippen LogP contribution in [0.1, 0.15) is 34.5 Å². The minimum Gasteiger partial charge on any atom is -0.343 e. The van der Waals surface area contributed by atoms with Crippen LogP contribution in [0.4, 0.5) is 17.2 Å². The number of carbonyl (C=O) groups excluding carboxylic acids is 2. The summed E-state index contributed by atoms with van der Waals surface area (Å²) in [5.41, 5.74) is 4.51. The molecule has 3 aromatic carbocycles. The van der Waals surface area contributed by atoms with E-state index in [9.17, 15) is 9.59 Å². The molecule has 0 unspecified atom stereocenters. The Morgan fingerprint density at radius 2 is 1.58 bits per heavy atom. The molecule has 2 heterocycles. The van der Waals surface area contributed by atoms with Crippen molar-refractivity contribution in [1.29, 1.82) is 0 Å². The Kier molecular flexibility index (Phi) is 6.31. The number of anilines is 3. The Labute approximate surface area is 213 Å². The van der Waals surface area contributed by atoms with Crippen LogP contribution in [0.3, 0.4) is 0 Å². The molecule has 1 aliphatic rings. The molecule has 1 aliphatic heterocycles. The highest BCUT2D eigenvalue weighted by atomic mass is 35.5. The van der Waals surface area contributed by atoms with E-state index in [1.807, 2.05) is 86.6 Å². The number of allylic oxidation sites excluding steroid dienone is 1. The number of nitrogens with one attached hydrogen (secondary N) is 3. The van der Waals surface area contributed by atoms with Gasteiger partial charge in [-0.3, -0.25) is 9.59 Å². The number of nitrogens with zero attached hydrogens (tertiary/aromatic N) is 2. The second kappa shape index (κ2) is 9.71. The van der Waals surface area contributed by atoms with Gasteiger partial charge in [0.1, 0.15) is 17.4 Å². The quantitative estimate of drug-likeness (QED) is 0.314. The van der Waals surface area contributed by atoms with Crippen molar-refractivity contribution in [2.24, 2.45) is 0 Å². The topological polar surface area (TPSA) is 88.0 Å². The Hall–Kier alpha value is -4.36. The standard InChI is InChI=1S/C28H24ClN5O2/c1-17-9-8-12-20(15-17)33-27(35)22-16-30-34-25(21-13-6-7-14-23(21)29)24(18(2)31-26(22)34)28(36)32-19-10-4-3-5-11-19/h3-16,25,31H,1-2H3,(H,32,36)(H,33,35)/t25-/m1/s1. The number of halogens is 1. The van der Waals surface area contributed by atoms with Crippen molar-refractivity contribution >= 4 is 40.6 Å². The summed E-state index contributed by atoms with van der Waals surface area (Å²) in [6.07, 6.45) is 1.50. The first-order chi connectivity index (χ1) is 17.4. The number of aryl methyl sites for hydroxylation is 1. The number of benzene rings is 3. The summed E-state index contributed by atoms with van der Waals surface area (Å²) in [5, 5.41) is 14.2. The predicted molar refractivity (Wildman–Crippen MR) is 142 cm³/mol. The molecule has 1 atom stereocenters.